The van der Waals surface area contributed by atoms with Gasteiger partial charge in [-0.3, -0.25) is 0 Å². The lowest BCUT2D eigenvalue weighted by Gasteiger charge is -2.45. The van der Waals surface area contributed by atoms with Gasteiger partial charge in [0.05, 0.1) is 5.41 Å². The van der Waals surface area contributed by atoms with Crippen LogP contribution in [0.3, 0.4) is 0 Å². The van der Waals surface area contributed by atoms with Gasteiger partial charge in [0.2, 0.25) is 5.66 Å². The number of aryl methyl sites for hydroxylation is 1. The van der Waals surface area contributed by atoms with Crippen LogP contribution in [0.15, 0.2) is 160 Å². The summed E-state index contributed by atoms with van der Waals surface area (Å²) in [6.45, 7) is 2.10. The molecule has 0 saturated carbocycles. The van der Waals surface area contributed by atoms with E-state index < -0.39 is 11.1 Å². The highest BCUT2D eigenvalue weighted by atomic mass is 15.6. The summed E-state index contributed by atoms with van der Waals surface area (Å²) < 4.78 is 0. The van der Waals surface area contributed by atoms with E-state index in [2.05, 4.69) is 133 Å². The third-order valence-corrected chi connectivity index (χ3v) is 7.23. The van der Waals surface area contributed by atoms with Gasteiger partial charge in [-0.25, -0.2) is 0 Å². The van der Waals surface area contributed by atoms with Crippen molar-refractivity contribution >= 4 is 0 Å². The quantitative estimate of drug-likeness (QED) is 0.219. The smallest absolute Gasteiger partial charge is 0.128 e. The van der Waals surface area contributed by atoms with E-state index in [-0.39, 0.29) is 0 Å². The van der Waals surface area contributed by atoms with Crippen molar-refractivity contribution in [2.24, 2.45) is 20.7 Å². The highest BCUT2D eigenvalue weighted by molar-refractivity contribution is 5.71. The summed E-state index contributed by atoms with van der Waals surface area (Å²) in [5, 5.41) is 18.2. The number of nitrogens with zero attached hydrogens (tertiary/aromatic N) is 4. The highest BCUT2D eigenvalue weighted by Gasteiger charge is 2.60. The van der Waals surface area contributed by atoms with Crippen molar-refractivity contribution in [3.63, 3.8) is 0 Å². The molecule has 0 unspecified atom stereocenters. The number of benzene rings is 5. The molecule has 0 amide bonds. The number of hydrogen-bond donors (Lipinski definition) is 0. The molecule has 6 rings (SSSR count). The molecule has 4 heteroatoms. The summed E-state index contributed by atoms with van der Waals surface area (Å²) in [7, 11) is 0. The van der Waals surface area contributed by atoms with Gasteiger partial charge in [-0.05, 0) is 45.2 Å². The molecule has 0 fully saturated rings. The van der Waals surface area contributed by atoms with Crippen molar-refractivity contribution in [1.82, 2.24) is 0 Å². The molecule has 1 aliphatic rings. The van der Waals surface area contributed by atoms with Crippen LogP contribution in [0.5, 0.6) is 0 Å². The van der Waals surface area contributed by atoms with Crippen LogP contribution in [-0.2, 0) is 11.1 Å². The standard InChI is InChI=1S/C33H26N4/c1-25-21-23-26(24-22-25)30-19-11-12-20-31(30)33(34-36-37-35-33)32(27-13-5-2-6-14-27,28-15-7-3-8-16-28)29-17-9-4-10-18-29/h2-24H,1H3. The summed E-state index contributed by atoms with van der Waals surface area (Å²) in [6.07, 6.45) is 0. The van der Waals surface area contributed by atoms with Gasteiger partial charge in [-0.15, -0.1) is 10.2 Å². The summed E-state index contributed by atoms with van der Waals surface area (Å²) in [5.41, 5.74) is 5.46. The second kappa shape index (κ2) is 9.40. The number of rotatable bonds is 6. The first-order valence-electron chi connectivity index (χ1n) is 12.4. The van der Waals surface area contributed by atoms with Crippen LogP contribution in [0.25, 0.3) is 11.1 Å². The Labute approximate surface area is 217 Å². The van der Waals surface area contributed by atoms with Gasteiger partial charge in [0.25, 0.3) is 0 Å². The van der Waals surface area contributed by atoms with E-state index in [1.54, 1.807) is 0 Å². The van der Waals surface area contributed by atoms with E-state index in [9.17, 15) is 0 Å². The van der Waals surface area contributed by atoms with E-state index in [1.165, 1.54) is 5.56 Å². The van der Waals surface area contributed by atoms with Crippen LogP contribution in [-0.4, -0.2) is 0 Å². The summed E-state index contributed by atoms with van der Waals surface area (Å²) in [5.74, 6) is 0. The Balaban J connectivity index is 1.77. The fourth-order valence-electron chi connectivity index (χ4n) is 5.59. The Hall–Kier alpha value is -4.70. The molecule has 0 atom stereocenters. The first-order valence-corrected chi connectivity index (χ1v) is 12.4. The average Bonchev–Trinajstić information content (AvgIpc) is 3.47. The van der Waals surface area contributed by atoms with E-state index in [1.807, 2.05) is 24.3 Å². The molecule has 0 N–H and O–H groups in total. The molecule has 178 valence electrons. The van der Waals surface area contributed by atoms with Crippen molar-refractivity contribution < 1.29 is 0 Å². The van der Waals surface area contributed by atoms with Gasteiger partial charge in [-0.2, -0.15) is 0 Å². The fraction of sp³-hybridized carbons (Fsp3) is 0.0909. The molecule has 5 aromatic rings. The Morgan fingerprint density at radius 3 is 1.41 bits per heavy atom. The van der Waals surface area contributed by atoms with Crippen LogP contribution in [0.2, 0.25) is 0 Å². The van der Waals surface area contributed by atoms with Gasteiger partial charge in [0, 0.05) is 5.56 Å². The molecule has 1 heterocycles. The van der Waals surface area contributed by atoms with Crippen molar-refractivity contribution in [3.8, 4) is 11.1 Å². The Bertz CT molecular complexity index is 1450. The average molecular weight is 479 g/mol. The predicted octanol–water partition coefficient (Wildman–Crippen LogP) is 8.68. The molecule has 4 nitrogen and oxygen atoms in total. The zero-order chi connectivity index (χ0) is 25.1. The highest BCUT2D eigenvalue weighted by Crippen LogP contribution is 2.58. The Kier molecular flexibility index (Phi) is 5.78. The zero-order valence-corrected chi connectivity index (χ0v) is 20.6. The van der Waals surface area contributed by atoms with Crippen molar-refractivity contribution in [3.05, 3.63) is 167 Å². The molecule has 0 radical (unpaired) electrons. The summed E-state index contributed by atoms with van der Waals surface area (Å²) in [6, 6.07) is 48.4. The molecule has 37 heavy (non-hydrogen) atoms. The SMILES string of the molecule is Cc1ccc(-c2ccccc2C2(C(c3ccccc3)(c3ccccc3)c3ccccc3)N=NN=N2)cc1. The normalized spacial score (nSPS) is 14.1. The lowest BCUT2D eigenvalue weighted by molar-refractivity contribution is 0.318. The van der Waals surface area contributed by atoms with E-state index >= 15 is 0 Å². The second-order valence-electron chi connectivity index (χ2n) is 9.31. The molecule has 0 saturated heterocycles. The summed E-state index contributed by atoms with van der Waals surface area (Å²) >= 11 is 0. The molecule has 0 spiro atoms. The molecule has 0 aliphatic carbocycles. The monoisotopic (exact) mass is 478 g/mol. The van der Waals surface area contributed by atoms with Gasteiger partial charge < -0.3 is 0 Å². The van der Waals surface area contributed by atoms with E-state index in [0.29, 0.717) is 0 Å². The lowest BCUT2D eigenvalue weighted by Crippen LogP contribution is -2.48. The van der Waals surface area contributed by atoms with Crippen molar-refractivity contribution in [1.29, 1.82) is 0 Å². The topological polar surface area (TPSA) is 49.4 Å². The van der Waals surface area contributed by atoms with Gasteiger partial charge in [0.15, 0.2) is 0 Å². The fourth-order valence-corrected chi connectivity index (χ4v) is 5.59. The maximum Gasteiger partial charge on any atom is 0.238 e. The minimum atomic E-state index is -1.18. The minimum absolute atomic E-state index is 0.846. The van der Waals surface area contributed by atoms with Crippen LogP contribution in [0, 0.1) is 6.92 Å². The van der Waals surface area contributed by atoms with Gasteiger partial charge in [0.1, 0.15) is 0 Å². The number of hydrogen-bond acceptors (Lipinski definition) is 4. The second-order valence-corrected chi connectivity index (χ2v) is 9.31. The maximum absolute atomic E-state index is 4.93. The largest absolute Gasteiger partial charge is 0.238 e. The van der Waals surface area contributed by atoms with Crippen molar-refractivity contribution in [2.75, 3.05) is 0 Å². The maximum atomic E-state index is 4.93. The third kappa shape index (κ3) is 3.61. The first-order chi connectivity index (χ1) is 18.3. The third-order valence-electron chi connectivity index (χ3n) is 7.23. The molecule has 0 bridgehead atoms. The summed E-state index contributed by atoms with van der Waals surface area (Å²) in [4.78, 5) is 0. The van der Waals surface area contributed by atoms with Crippen molar-refractivity contribution in [2.45, 2.75) is 18.0 Å². The van der Waals surface area contributed by atoms with Gasteiger partial charge >= 0.3 is 0 Å². The van der Waals surface area contributed by atoms with Crippen LogP contribution < -0.4 is 0 Å². The van der Waals surface area contributed by atoms with Gasteiger partial charge in [-0.1, -0.05) is 145 Å². The van der Waals surface area contributed by atoms with E-state index in [0.717, 1.165) is 33.4 Å². The molecule has 1 aliphatic heterocycles. The van der Waals surface area contributed by atoms with E-state index in [4.69, 9.17) is 10.2 Å². The minimum Gasteiger partial charge on any atom is -0.128 e. The predicted molar refractivity (Wildman–Crippen MR) is 147 cm³/mol. The van der Waals surface area contributed by atoms with Crippen LogP contribution in [0.1, 0.15) is 27.8 Å². The molecular formula is C33H26N4. The Morgan fingerprint density at radius 1 is 0.486 bits per heavy atom. The lowest BCUT2D eigenvalue weighted by atomic mass is 9.59. The Morgan fingerprint density at radius 2 is 0.919 bits per heavy atom. The van der Waals surface area contributed by atoms with Crippen LogP contribution >= 0.6 is 0 Å². The van der Waals surface area contributed by atoms with Crippen LogP contribution in [0.4, 0.5) is 0 Å². The first kappa shape index (κ1) is 22.7. The molecule has 5 aromatic carbocycles. The molecular weight excluding hydrogens is 452 g/mol. The zero-order valence-electron chi connectivity index (χ0n) is 20.6. The molecule has 0 aromatic heterocycles.